The Morgan fingerprint density at radius 3 is 2.44 bits per heavy atom. The average molecular weight is 338 g/mol. The first-order valence-electron chi connectivity index (χ1n) is 9.54. The van der Waals surface area contributed by atoms with Crippen molar-refractivity contribution < 1.29 is 5.11 Å². The van der Waals surface area contributed by atoms with Gasteiger partial charge in [0.15, 0.2) is 0 Å². The van der Waals surface area contributed by atoms with Gasteiger partial charge in [-0.05, 0) is 42.9 Å². The van der Waals surface area contributed by atoms with Crippen LogP contribution in [0.3, 0.4) is 0 Å². The van der Waals surface area contributed by atoms with E-state index in [0.717, 1.165) is 45.4 Å². The fourth-order valence-electron chi connectivity index (χ4n) is 3.68. The molecule has 3 rings (SSSR count). The lowest BCUT2D eigenvalue weighted by Gasteiger charge is -2.36. The maximum absolute atomic E-state index is 10.3. The van der Waals surface area contributed by atoms with Crippen LogP contribution >= 0.6 is 0 Å². The Hall–Kier alpha value is -1.84. The van der Waals surface area contributed by atoms with Crippen LogP contribution in [0.25, 0.3) is 0 Å². The molecule has 1 aliphatic rings. The van der Waals surface area contributed by atoms with Gasteiger partial charge in [0, 0.05) is 31.9 Å². The maximum atomic E-state index is 10.3. The van der Waals surface area contributed by atoms with Crippen LogP contribution in [-0.2, 0) is 6.54 Å². The van der Waals surface area contributed by atoms with Gasteiger partial charge in [-0.25, -0.2) is 0 Å². The van der Waals surface area contributed by atoms with Crippen LogP contribution in [0, 0.1) is 5.92 Å². The first kappa shape index (κ1) is 18.0. The standard InChI is InChI=1S/C22H30N2O/c25-22-14-16-24(17-19-9-3-1-4-10-19)18-20(22)11-7-8-15-23-21-12-5-2-6-13-21/h1-6,9-10,12-13,20,22-23,25H,7-8,11,14-18H2. The van der Waals surface area contributed by atoms with Crippen LogP contribution in [0.1, 0.15) is 31.2 Å². The molecule has 1 fully saturated rings. The average Bonchev–Trinajstić information content (AvgIpc) is 2.65. The lowest BCUT2D eigenvalue weighted by molar-refractivity contribution is 0.0191. The van der Waals surface area contributed by atoms with Crippen molar-refractivity contribution in [2.45, 2.75) is 38.3 Å². The number of benzene rings is 2. The molecule has 1 saturated heterocycles. The molecule has 0 bridgehead atoms. The molecule has 25 heavy (non-hydrogen) atoms. The van der Waals surface area contributed by atoms with Gasteiger partial charge in [-0.1, -0.05) is 55.0 Å². The first-order valence-corrected chi connectivity index (χ1v) is 9.54. The van der Waals surface area contributed by atoms with Crippen LogP contribution in [0.15, 0.2) is 60.7 Å². The fraction of sp³-hybridized carbons (Fsp3) is 0.455. The Bertz CT molecular complexity index is 602. The molecule has 0 saturated carbocycles. The minimum absolute atomic E-state index is 0.130. The summed E-state index contributed by atoms with van der Waals surface area (Å²) in [6, 6.07) is 21.0. The van der Waals surface area contributed by atoms with Gasteiger partial charge in [0.1, 0.15) is 0 Å². The number of nitrogens with zero attached hydrogens (tertiary/aromatic N) is 1. The van der Waals surface area contributed by atoms with Gasteiger partial charge in [0.2, 0.25) is 0 Å². The van der Waals surface area contributed by atoms with Gasteiger partial charge in [-0.2, -0.15) is 0 Å². The minimum Gasteiger partial charge on any atom is -0.393 e. The number of unbranched alkanes of at least 4 members (excludes halogenated alkanes) is 1. The van der Waals surface area contributed by atoms with Gasteiger partial charge in [0.05, 0.1) is 6.10 Å². The zero-order valence-corrected chi connectivity index (χ0v) is 15.0. The van der Waals surface area contributed by atoms with Gasteiger partial charge in [-0.15, -0.1) is 0 Å². The summed E-state index contributed by atoms with van der Waals surface area (Å²) in [4.78, 5) is 2.49. The Kier molecular flexibility index (Phi) is 6.89. The summed E-state index contributed by atoms with van der Waals surface area (Å²) in [5.74, 6) is 0.411. The van der Waals surface area contributed by atoms with Crippen LogP contribution in [-0.4, -0.2) is 35.7 Å². The highest BCUT2D eigenvalue weighted by Gasteiger charge is 2.27. The topological polar surface area (TPSA) is 35.5 Å². The molecular formula is C22H30N2O. The van der Waals surface area contributed by atoms with Crippen molar-refractivity contribution in [1.82, 2.24) is 4.90 Å². The number of para-hydroxylation sites is 1. The highest BCUT2D eigenvalue weighted by Crippen LogP contribution is 2.23. The highest BCUT2D eigenvalue weighted by atomic mass is 16.3. The Morgan fingerprint density at radius 2 is 1.68 bits per heavy atom. The Labute approximate surface area is 151 Å². The SMILES string of the molecule is OC1CCN(Cc2ccccc2)CC1CCCCNc1ccccc1. The molecule has 1 heterocycles. The molecule has 3 nitrogen and oxygen atoms in total. The summed E-state index contributed by atoms with van der Waals surface area (Å²) in [6.07, 6.45) is 4.20. The number of aliphatic hydroxyl groups excluding tert-OH is 1. The molecule has 2 aromatic rings. The molecule has 1 aliphatic heterocycles. The number of aliphatic hydroxyl groups is 1. The van der Waals surface area contributed by atoms with Crippen molar-refractivity contribution in [1.29, 1.82) is 0 Å². The van der Waals surface area contributed by atoms with E-state index in [0.29, 0.717) is 5.92 Å². The number of hydrogen-bond acceptors (Lipinski definition) is 3. The summed E-state index contributed by atoms with van der Waals surface area (Å²) in [6.45, 7) is 4.02. The number of likely N-dealkylation sites (tertiary alicyclic amines) is 1. The summed E-state index contributed by atoms with van der Waals surface area (Å²) in [5.41, 5.74) is 2.55. The zero-order chi connectivity index (χ0) is 17.3. The smallest absolute Gasteiger partial charge is 0.0592 e. The summed E-state index contributed by atoms with van der Waals surface area (Å²) < 4.78 is 0. The van der Waals surface area contributed by atoms with E-state index in [1.165, 1.54) is 17.7 Å². The largest absolute Gasteiger partial charge is 0.393 e. The Morgan fingerprint density at radius 1 is 0.960 bits per heavy atom. The van der Waals surface area contributed by atoms with Crippen molar-refractivity contribution in [3.8, 4) is 0 Å². The van der Waals surface area contributed by atoms with Crippen molar-refractivity contribution in [3.05, 3.63) is 66.2 Å². The molecule has 0 radical (unpaired) electrons. The quantitative estimate of drug-likeness (QED) is 0.710. The van der Waals surface area contributed by atoms with E-state index in [-0.39, 0.29) is 6.10 Å². The third-order valence-electron chi connectivity index (χ3n) is 5.13. The monoisotopic (exact) mass is 338 g/mol. The van der Waals surface area contributed by atoms with Crippen molar-refractivity contribution >= 4 is 5.69 Å². The van der Waals surface area contributed by atoms with E-state index in [4.69, 9.17) is 0 Å². The Balaban J connectivity index is 1.37. The van der Waals surface area contributed by atoms with Crippen molar-refractivity contribution in [2.24, 2.45) is 5.92 Å². The molecule has 3 heteroatoms. The molecule has 0 amide bonds. The van der Waals surface area contributed by atoms with Gasteiger partial charge in [-0.3, -0.25) is 4.90 Å². The second-order valence-electron chi connectivity index (χ2n) is 7.13. The zero-order valence-electron chi connectivity index (χ0n) is 15.0. The van der Waals surface area contributed by atoms with Crippen LogP contribution < -0.4 is 5.32 Å². The third-order valence-corrected chi connectivity index (χ3v) is 5.13. The molecule has 2 unspecified atom stereocenters. The van der Waals surface area contributed by atoms with Crippen molar-refractivity contribution in [2.75, 3.05) is 25.0 Å². The normalized spacial score (nSPS) is 21.2. The van der Waals surface area contributed by atoms with E-state index >= 15 is 0 Å². The summed E-state index contributed by atoms with van der Waals surface area (Å²) in [5, 5.41) is 13.8. The van der Waals surface area contributed by atoms with E-state index in [1.54, 1.807) is 0 Å². The molecule has 0 aromatic heterocycles. The van der Waals surface area contributed by atoms with E-state index < -0.39 is 0 Å². The lowest BCUT2D eigenvalue weighted by Crippen LogP contribution is -2.42. The first-order chi connectivity index (χ1) is 12.3. The molecule has 0 spiro atoms. The van der Waals surface area contributed by atoms with Gasteiger partial charge >= 0.3 is 0 Å². The second-order valence-corrected chi connectivity index (χ2v) is 7.13. The molecule has 2 atom stereocenters. The van der Waals surface area contributed by atoms with Crippen LogP contribution in [0.5, 0.6) is 0 Å². The summed E-state index contributed by atoms with van der Waals surface area (Å²) in [7, 11) is 0. The second kappa shape index (κ2) is 9.59. The maximum Gasteiger partial charge on any atom is 0.0592 e. The van der Waals surface area contributed by atoms with Crippen molar-refractivity contribution in [3.63, 3.8) is 0 Å². The third kappa shape index (κ3) is 5.87. The van der Waals surface area contributed by atoms with E-state index in [2.05, 4.69) is 64.8 Å². The fourth-order valence-corrected chi connectivity index (χ4v) is 3.68. The summed E-state index contributed by atoms with van der Waals surface area (Å²) >= 11 is 0. The predicted octanol–water partition coefficient (Wildman–Crippen LogP) is 4.15. The number of piperidine rings is 1. The lowest BCUT2D eigenvalue weighted by atomic mass is 9.89. The van der Waals surface area contributed by atoms with Gasteiger partial charge < -0.3 is 10.4 Å². The molecule has 134 valence electrons. The van der Waals surface area contributed by atoms with E-state index in [1.807, 2.05) is 6.07 Å². The molecular weight excluding hydrogens is 308 g/mol. The minimum atomic E-state index is -0.130. The molecule has 0 aliphatic carbocycles. The van der Waals surface area contributed by atoms with E-state index in [9.17, 15) is 5.11 Å². The number of nitrogens with one attached hydrogen (secondary N) is 1. The highest BCUT2D eigenvalue weighted by molar-refractivity contribution is 5.42. The van der Waals surface area contributed by atoms with Crippen LogP contribution in [0.2, 0.25) is 0 Å². The number of anilines is 1. The number of hydrogen-bond donors (Lipinski definition) is 2. The predicted molar refractivity (Wildman–Crippen MR) is 105 cm³/mol. The number of rotatable bonds is 8. The van der Waals surface area contributed by atoms with Gasteiger partial charge in [0.25, 0.3) is 0 Å². The molecule has 2 aromatic carbocycles. The van der Waals surface area contributed by atoms with Crippen LogP contribution in [0.4, 0.5) is 5.69 Å². The molecule has 2 N–H and O–H groups in total.